The second kappa shape index (κ2) is 6.60. The Hall–Kier alpha value is -2.37. The topological polar surface area (TPSA) is 26.3 Å². The maximum absolute atomic E-state index is 12.8. The number of carbonyl (C=O) groups is 1. The molecule has 0 radical (unpaired) electrons. The quantitative estimate of drug-likeness (QED) is 0.451. The lowest BCUT2D eigenvalue weighted by Gasteiger charge is -2.16. The summed E-state index contributed by atoms with van der Waals surface area (Å²) in [5.41, 5.74) is 0.803. The van der Waals surface area contributed by atoms with E-state index in [9.17, 15) is 22.4 Å². The van der Waals surface area contributed by atoms with Crippen LogP contribution in [0.4, 0.5) is 17.6 Å². The molecule has 0 heterocycles. The molecule has 2 rings (SSSR count). The number of rotatable bonds is 6. The van der Waals surface area contributed by atoms with Gasteiger partial charge in [0.05, 0.1) is 0 Å². The van der Waals surface area contributed by atoms with Crippen LogP contribution in [0, 0.1) is 0 Å². The molecule has 2 aromatic carbocycles. The van der Waals surface area contributed by atoms with Crippen LogP contribution >= 0.6 is 0 Å². The van der Waals surface area contributed by atoms with Gasteiger partial charge in [0.25, 0.3) is 0 Å². The number of benzene rings is 2. The van der Waals surface area contributed by atoms with Gasteiger partial charge in [-0.2, -0.15) is 8.78 Å². The summed E-state index contributed by atoms with van der Waals surface area (Å²) < 4.78 is 54.5. The second-order valence-electron chi connectivity index (χ2n) is 4.61. The highest BCUT2D eigenvalue weighted by Crippen LogP contribution is 2.26. The molecule has 0 amide bonds. The molecule has 0 N–H and O–H groups in total. The minimum atomic E-state index is -4.18. The number of ether oxygens (including phenoxy) is 1. The smallest absolute Gasteiger partial charge is 0.340 e. The van der Waals surface area contributed by atoms with Crippen molar-refractivity contribution in [3.05, 3.63) is 48.0 Å². The van der Waals surface area contributed by atoms with Gasteiger partial charge in [0.2, 0.25) is 0 Å². The van der Waals surface area contributed by atoms with E-state index in [1.807, 2.05) is 0 Å². The van der Waals surface area contributed by atoms with E-state index in [2.05, 4.69) is 0 Å². The minimum absolute atomic E-state index is 0.0870. The number of allylic oxidation sites excluding steroid dienone is 1. The van der Waals surface area contributed by atoms with E-state index in [1.54, 1.807) is 30.3 Å². The van der Waals surface area contributed by atoms with Gasteiger partial charge in [-0.25, -0.2) is 8.78 Å². The number of carbonyl (C=O) groups excluding carboxylic acids is 1. The normalized spacial score (nSPS) is 12.2. The molecule has 0 aromatic heterocycles. The zero-order valence-corrected chi connectivity index (χ0v) is 11.3. The average Bonchev–Trinajstić information content (AvgIpc) is 2.50. The van der Waals surface area contributed by atoms with E-state index in [1.165, 1.54) is 18.2 Å². The van der Waals surface area contributed by atoms with Crippen molar-refractivity contribution < 1.29 is 27.1 Å². The largest absolute Gasteiger partial charge is 0.487 e. The summed E-state index contributed by atoms with van der Waals surface area (Å²) in [6, 6.07) is 9.80. The van der Waals surface area contributed by atoms with Crippen molar-refractivity contribution in [2.24, 2.45) is 0 Å². The summed E-state index contributed by atoms with van der Waals surface area (Å²) in [6.45, 7) is -1.38. The maximum Gasteiger partial charge on any atom is 0.340 e. The minimum Gasteiger partial charge on any atom is -0.487 e. The predicted molar refractivity (Wildman–Crippen MR) is 75.5 cm³/mol. The molecule has 0 unspecified atom stereocenters. The summed E-state index contributed by atoms with van der Waals surface area (Å²) in [7, 11) is 0. The van der Waals surface area contributed by atoms with Crippen molar-refractivity contribution in [1.82, 2.24) is 0 Å². The monoisotopic (exact) mass is 312 g/mol. The SMILES string of the molecule is O=CC=Cc1ccc2cc(OCC(F)(F)C(F)F)ccc2c1. The van der Waals surface area contributed by atoms with E-state index in [-0.39, 0.29) is 5.75 Å². The molecule has 0 saturated heterocycles. The highest BCUT2D eigenvalue weighted by atomic mass is 19.3. The number of hydrogen-bond donors (Lipinski definition) is 0. The van der Waals surface area contributed by atoms with Gasteiger partial charge in [0, 0.05) is 0 Å². The Morgan fingerprint density at radius 1 is 1.09 bits per heavy atom. The number of aldehydes is 1. The number of alkyl halides is 4. The van der Waals surface area contributed by atoms with Gasteiger partial charge >= 0.3 is 12.3 Å². The summed E-state index contributed by atoms with van der Waals surface area (Å²) in [4.78, 5) is 10.3. The first-order valence-corrected chi connectivity index (χ1v) is 6.37. The van der Waals surface area contributed by atoms with Crippen molar-refractivity contribution in [2.75, 3.05) is 6.61 Å². The lowest BCUT2D eigenvalue weighted by atomic mass is 10.1. The lowest BCUT2D eigenvalue weighted by molar-refractivity contribution is -0.148. The van der Waals surface area contributed by atoms with Crippen LogP contribution in [0.5, 0.6) is 5.75 Å². The molecular formula is C16H12F4O2. The van der Waals surface area contributed by atoms with Crippen molar-refractivity contribution in [1.29, 1.82) is 0 Å². The van der Waals surface area contributed by atoms with Gasteiger partial charge in [0.1, 0.15) is 12.0 Å². The van der Waals surface area contributed by atoms with E-state index in [0.29, 0.717) is 11.7 Å². The molecule has 116 valence electrons. The molecular weight excluding hydrogens is 300 g/mol. The molecule has 0 saturated carbocycles. The maximum atomic E-state index is 12.8. The average molecular weight is 312 g/mol. The molecule has 0 aliphatic heterocycles. The molecule has 2 aromatic rings. The molecule has 6 heteroatoms. The van der Waals surface area contributed by atoms with Gasteiger partial charge in [-0.15, -0.1) is 0 Å². The highest BCUT2D eigenvalue weighted by Gasteiger charge is 2.41. The third-order valence-electron chi connectivity index (χ3n) is 2.95. The fraction of sp³-hybridized carbons (Fsp3) is 0.188. The second-order valence-corrected chi connectivity index (χ2v) is 4.61. The van der Waals surface area contributed by atoms with Gasteiger partial charge in [-0.05, 0) is 40.6 Å². The van der Waals surface area contributed by atoms with E-state index in [0.717, 1.165) is 10.9 Å². The Morgan fingerprint density at radius 2 is 1.77 bits per heavy atom. The summed E-state index contributed by atoms with van der Waals surface area (Å²) in [5, 5.41) is 1.52. The standard InChI is InChI=1S/C16H12F4O2/c17-15(18)16(19,20)10-22-14-6-5-12-8-11(2-1-7-21)3-4-13(12)9-14/h1-9,15H,10H2. The number of hydrogen-bond acceptors (Lipinski definition) is 2. The summed E-state index contributed by atoms with van der Waals surface area (Å²) in [6.07, 6.45) is -0.129. The molecule has 0 spiro atoms. The Bertz CT molecular complexity index is 696. The molecule has 0 bridgehead atoms. The van der Waals surface area contributed by atoms with Crippen LogP contribution in [-0.4, -0.2) is 25.2 Å². The third-order valence-corrected chi connectivity index (χ3v) is 2.95. The fourth-order valence-corrected chi connectivity index (χ4v) is 1.83. The Kier molecular flexibility index (Phi) is 4.80. The zero-order valence-electron chi connectivity index (χ0n) is 11.3. The van der Waals surface area contributed by atoms with Gasteiger partial charge < -0.3 is 4.74 Å². The summed E-state index contributed by atoms with van der Waals surface area (Å²) >= 11 is 0. The van der Waals surface area contributed by atoms with E-state index >= 15 is 0 Å². The third kappa shape index (κ3) is 3.84. The molecule has 2 nitrogen and oxygen atoms in total. The van der Waals surface area contributed by atoms with Gasteiger partial charge in [-0.3, -0.25) is 4.79 Å². The van der Waals surface area contributed by atoms with Crippen molar-refractivity contribution in [3.8, 4) is 5.75 Å². The molecule has 0 aliphatic carbocycles. The van der Waals surface area contributed by atoms with Crippen LogP contribution in [0.25, 0.3) is 16.8 Å². The zero-order chi connectivity index (χ0) is 16.2. The first-order chi connectivity index (χ1) is 10.4. The van der Waals surface area contributed by atoms with Crippen LogP contribution in [0.2, 0.25) is 0 Å². The first kappa shape index (κ1) is 16.0. The number of fused-ring (bicyclic) bond motifs is 1. The van der Waals surface area contributed by atoms with Crippen LogP contribution in [0.15, 0.2) is 42.5 Å². The van der Waals surface area contributed by atoms with Crippen molar-refractivity contribution in [2.45, 2.75) is 12.3 Å². The predicted octanol–water partition coefficient (Wildman–Crippen LogP) is 4.33. The Morgan fingerprint density at radius 3 is 2.45 bits per heavy atom. The lowest BCUT2D eigenvalue weighted by Crippen LogP contribution is -2.33. The fourth-order valence-electron chi connectivity index (χ4n) is 1.83. The van der Waals surface area contributed by atoms with Crippen molar-refractivity contribution in [3.63, 3.8) is 0 Å². The molecule has 0 fully saturated rings. The Labute approximate surface area is 124 Å². The summed E-state index contributed by atoms with van der Waals surface area (Å²) in [5.74, 6) is -4.10. The first-order valence-electron chi connectivity index (χ1n) is 6.37. The van der Waals surface area contributed by atoms with Gasteiger partial charge in [0.15, 0.2) is 6.61 Å². The van der Waals surface area contributed by atoms with Gasteiger partial charge in [-0.1, -0.05) is 24.3 Å². The highest BCUT2D eigenvalue weighted by molar-refractivity contribution is 5.87. The van der Waals surface area contributed by atoms with Crippen molar-refractivity contribution >= 4 is 23.1 Å². The van der Waals surface area contributed by atoms with Crippen LogP contribution in [0.3, 0.4) is 0 Å². The molecule has 0 aliphatic rings. The van der Waals surface area contributed by atoms with E-state index < -0.39 is 19.0 Å². The van der Waals surface area contributed by atoms with E-state index in [4.69, 9.17) is 4.74 Å². The Balaban J connectivity index is 2.17. The van der Waals surface area contributed by atoms with Crippen LogP contribution in [-0.2, 0) is 4.79 Å². The number of halogens is 4. The molecule has 0 atom stereocenters. The van der Waals surface area contributed by atoms with Crippen LogP contribution in [0.1, 0.15) is 5.56 Å². The van der Waals surface area contributed by atoms with Crippen LogP contribution < -0.4 is 4.74 Å². The molecule has 22 heavy (non-hydrogen) atoms.